The normalized spacial score (nSPS) is 32.9. The predicted molar refractivity (Wildman–Crippen MR) is 59.1 cm³/mol. The molecule has 0 aromatic carbocycles. The molecular weight excluding hydrogens is 279 g/mol. The lowest BCUT2D eigenvalue weighted by molar-refractivity contribution is -0.178. The summed E-state index contributed by atoms with van der Waals surface area (Å²) in [6, 6.07) is 0.900. The summed E-state index contributed by atoms with van der Waals surface area (Å²) < 4.78 is 19.3. The van der Waals surface area contributed by atoms with Gasteiger partial charge in [-0.05, 0) is 0 Å². The molecule has 0 amide bonds. The summed E-state index contributed by atoms with van der Waals surface area (Å²) in [5.41, 5.74) is -1.77. The van der Waals surface area contributed by atoms with E-state index in [0.717, 1.165) is 18.2 Å². The zero-order chi connectivity index (χ0) is 15.1. The molecule has 0 spiro atoms. The number of ether oxygens (including phenoxy) is 1. The van der Waals surface area contributed by atoms with Crippen molar-refractivity contribution in [2.24, 2.45) is 0 Å². The maximum Gasteiger partial charge on any atom is 0.330 e. The van der Waals surface area contributed by atoms with Crippen molar-refractivity contribution in [1.29, 1.82) is 0 Å². The fraction of sp³-hybridized carbons (Fsp3) is 0.400. The first-order valence-electron chi connectivity index (χ1n) is 5.30. The number of aliphatic hydroxyl groups excluding tert-OH is 3. The van der Waals surface area contributed by atoms with E-state index < -0.39 is 41.3 Å². The quantitative estimate of drug-likeness (QED) is 0.355. The smallest absolute Gasteiger partial charge is 0.330 e. The molecule has 1 aromatic heterocycles. The van der Waals surface area contributed by atoms with Crippen molar-refractivity contribution < 1.29 is 29.2 Å². The third kappa shape index (κ3) is 1.96. The van der Waals surface area contributed by atoms with Gasteiger partial charge in [0.05, 0.1) is 0 Å². The Balaban J connectivity index is 2.48. The fourth-order valence-corrected chi connectivity index (χ4v) is 1.81. The van der Waals surface area contributed by atoms with Crippen molar-refractivity contribution in [1.82, 2.24) is 9.55 Å². The Hall–Kier alpha value is -2.26. The van der Waals surface area contributed by atoms with Crippen molar-refractivity contribution in [2.45, 2.75) is 24.3 Å². The number of alkyl halides is 1. The summed E-state index contributed by atoms with van der Waals surface area (Å²) >= 11 is 0. The molecule has 1 fully saturated rings. The lowest BCUT2D eigenvalue weighted by Crippen LogP contribution is -2.41. The van der Waals surface area contributed by atoms with Crippen molar-refractivity contribution in [2.75, 3.05) is 0 Å². The highest BCUT2D eigenvalue weighted by atomic mass is 19.2. The predicted octanol–water partition coefficient (Wildman–Crippen LogP) is -2.27. The van der Waals surface area contributed by atoms with Gasteiger partial charge in [-0.15, -0.1) is 0 Å². The Morgan fingerprint density at radius 2 is 2.15 bits per heavy atom. The van der Waals surface area contributed by atoms with Crippen LogP contribution >= 0.6 is 0 Å². The summed E-state index contributed by atoms with van der Waals surface area (Å²) in [5.74, 6) is -4.21. The molecule has 0 unspecified atom stereocenters. The minimum atomic E-state index is -3.40. The van der Waals surface area contributed by atoms with Crippen LogP contribution in [0.5, 0.6) is 0 Å². The van der Waals surface area contributed by atoms with Gasteiger partial charge in [-0.1, -0.05) is 0 Å². The summed E-state index contributed by atoms with van der Waals surface area (Å²) in [4.78, 5) is 34.5. The molecule has 9 nitrogen and oxygen atoms in total. The number of nitrogens with zero attached hydrogens (tertiary/aromatic N) is 1. The van der Waals surface area contributed by atoms with Crippen LogP contribution in [0.3, 0.4) is 0 Å². The van der Waals surface area contributed by atoms with Gasteiger partial charge in [-0.3, -0.25) is 14.3 Å². The topological polar surface area (TPSA) is 142 Å². The Morgan fingerprint density at radius 3 is 2.70 bits per heavy atom. The van der Waals surface area contributed by atoms with Gasteiger partial charge in [0.1, 0.15) is 6.10 Å². The zero-order valence-corrected chi connectivity index (χ0v) is 9.69. The van der Waals surface area contributed by atoms with Crippen LogP contribution in [0.25, 0.3) is 0 Å². The van der Waals surface area contributed by atoms with Gasteiger partial charge < -0.3 is 20.1 Å². The van der Waals surface area contributed by atoms with Crippen LogP contribution in [0.4, 0.5) is 4.39 Å². The number of aromatic nitrogens is 2. The number of halogens is 1. The number of aliphatic hydroxyl groups is 3. The third-order valence-electron chi connectivity index (χ3n) is 2.83. The second-order valence-corrected chi connectivity index (χ2v) is 4.06. The summed E-state index contributed by atoms with van der Waals surface area (Å²) in [6.07, 6.45) is -5.16. The van der Waals surface area contributed by atoms with Gasteiger partial charge in [0, 0.05) is 12.3 Å². The first kappa shape index (κ1) is 14.2. The molecule has 0 bridgehead atoms. The van der Waals surface area contributed by atoms with Crippen molar-refractivity contribution >= 4 is 5.94 Å². The van der Waals surface area contributed by atoms with Crippen LogP contribution in [0.1, 0.15) is 6.23 Å². The molecule has 4 atom stereocenters. The van der Waals surface area contributed by atoms with E-state index in [1.54, 1.807) is 0 Å². The minimum Gasteiger partial charge on any atom is -0.498 e. The van der Waals surface area contributed by atoms with Gasteiger partial charge in [-0.2, -0.15) is 4.39 Å². The number of hydrogen-bond donors (Lipinski definition) is 4. The highest BCUT2D eigenvalue weighted by molar-refractivity contribution is 5.52. The summed E-state index contributed by atoms with van der Waals surface area (Å²) in [7, 11) is 0. The molecule has 10 heteroatoms. The van der Waals surface area contributed by atoms with Crippen LogP contribution in [-0.4, -0.2) is 48.9 Å². The molecule has 108 valence electrons. The highest BCUT2D eigenvalue weighted by Gasteiger charge is 2.59. The van der Waals surface area contributed by atoms with Crippen LogP contribution in [0.2, 0.25) is 0 Å². The van der Waals surface area contributed by atoms with Gasteiger partial charge >= 0.3 is 11.5 Å². The molecule has 1 aliphatic heterocycles. The Kier molecular flexibility index (Phi) is 3.32. The Labute approximate surface area is 109 Å². The second-order valence-electron chi connectivity index (χ2n) is 4.06. The lowest BCUT2D eigenvalue weighted by atomic mass is 10.1. The molecule has 1 aromatic rings. The molecular formula is C10H9FN2O7. The van der Waals surface area contributed by atoms with Crippen molar-refractivity contribution in [3.63, 3.8) is 0 Å². The van der Waals surface area contributed by atoms with E-state index in [9.17, 15) is 29.0 Å². The van der Waals surface area contributed by atoms with E-state index in [1.807, 2.05) is 4.98 Å². The fourth-order valence-electron chi connectivity index (χ4n) is 1.81. The first-order valence-corrected chi connectivity index (χ1v) is 5.30. The average molecular weight is 288 g/mol. The minimum absolute atomic E-state index is 0.592. The molecule has 20 heavy (non-hydrogen) atoms. The molecule has 0 radical (unpaired) electrons. The van der Waals surface area contributed by atoms with Crippen LogP contribution in [0, 0.1) is 0 Å². The van der Waals surface area contributed by atoms with Gasteiger partial charge in [0.15, 0.2) is 18.3 Å². The van der Waals surface area contributed by atoms with Crippen molar-refractivity contribution in [3.05, 3.63) is 38.9 Å². The van der Waals surface area contributed by atoms with Gasteiger partial charge in [0.2, 0.25) is 5.76 Å². The van der Waals surface area contributed by atoms with E-state index in [0.29, 0.717) is 4.57 Å². The first-order chi connectivity index (χ1) is 9.31. The molecule has 1 saturated heterocycles. The number of carbonyl (C=O) groups excluding carboxylic acids is 1. The maximum absolute atomic E-state index is 14.1. The molecule has 0 aliphatic carbocycles. The molecule has 1 aliphatic rings. The number of hydrogen-bond acceptors (Lipinski definition) is 7. The van der Waals surface area contributed by atoms with E-state index in [1.165, 1.54) is 0 Å². The standard InChI is InChI=1S/C10H9FN2O7/c11-10(4(15)3-14)7(18)6(17)8(20-10)13-2-1-5(16)12-9(13)19/h1-2,6-8,15,17-18H,(H,12,16,19)/t6-,7+,8-,10-/m1/s1. The van der Waals surface area contributed by atoms with Crippen LogP contribution < -0.4 is 11.2 Å². The third-order valence-corrected chi connectivity index (χ3v) is 2.83. The highest BCUT2D eigenvalue weighted by Crippen LogP contribution is 2.40. The molecule has 0 saturated carbocycles. The second kappa shape index (κ2) is 4.69. The van der Waals surface area contributed by atoms with E-state index >= 15 is 0 Å². The van der Waals surface area contributed by atoms with E-state index in [-0.39, 0.29) is 0 Å². The van der Waals surface area contributed by atoms with Crippen molar-refractivity contribution in [3.8, 4) is 0 Å². The maximum atomic E-state index is 14.1. The molecule has 4 N–H and O–H groups in total. The van der Waals surface area contributed by atoms with Gasteiger partial charge in [-0.25, -0.2) is 9.59 Å². The zero-order valence-electron chi connectivity index (χ0n) is 9.69. The Morgan fingerprint density at radius 1 is 1.50 bits per heavy atom. The number of H-pyrrole nitrogens is 1. The molecule has 2 heterocycles. The number of nitrogens with one attached hydrogen (secondary N) is 1. The van der Waals surface area contributed by atoms with Crippen LogP contribution in [0.15, 0.2) is 27.6 Å². The monoisotopic (exact) mass is 288 g/mol. The largest absolute Gasteiger partial charge is 0.498 e. The Bertz CT molecular complexity index is 691. The van der Waals surface area contributed by atoms with Gasteiger partial charge in [0.25, 0.3) is 5.56 Å². The van der Waals surface area contributed by atoms with E-state index in [2.05, 4.69) is 4.74 Å². The SMILES string of the molecule is O=C=C(O)[C@@]1(F)O[C@@H](n2ccc(=O)[nH]c2=O)[C@H](O)[C@@H]1O. The number of rotatable bonds is 2. The lowest BCUT2D eigenvalue weighted by Gasteiger charge is -2.19. The molecule has 2 rings (SSSR count). The summed E-state index contributed by atoms with van der Waals surface area (Å²) in [5, 5.41) is 28.2. The summed E-state index contributed by atoms with van der Waals surface area (Å²) in [6.45, 7) is 0. The van der Waals surface area contributed by atoms with E-state index in [4.69, 9.17) is 5.11 Å². The number of aromatic amines is 1. The average Bonchev–Trinajstić information content (AvgIpc) is 2.64. The van der Waals surface area contributed by atoms with Crippen LogP contribution in [-0.2, 0) is 9.53 Å².